The second kappa shape index (κ2) is 7.42. The number of benzene rings is 1. The molecule has 0 radical (unpaired) electrons. The van der Waals surface area contributed by atoms with E-state index in [1.54, 1.807) is 0 Å². The summed E-state index contributed by atoms with van der Waals surface area (Å²) in [6.07, 6.45) is 2.59. The lowest BCUT2D eigenvalue weighted by Gasteiger charge is -2.26. The summed E-state index contributed by atoms with van der Waals surface area (Å²) >= 11 is 0. The third-order valence-corrected chi connectivity index (χ3v) is 7.31. The van der Waals surface area contributed by atoms with Crippen molar-refractivity contribution in [1.29, 1.82) is 0 Å². The molecule has 1 saturated heterocycles. The van der Waals surface area contributed by atoms with Crippen molar-refractivity contribution in [3.63, 3.8) is 0 Å². The lowest BCUT2D eigenvalue weighted by atomic mass is 10.1. The summed E-state index contributed by atoms with van der Waals surface area (Å²) in [6, 6.07) is 14.5. The van der Waals surface area contributed by atoms with E-state index in [0.29, 0.717) is 19.0 Å². The van der Waals surface area contributed by atoms with E-state index in [9.17, 15) is 8.42 Å². The second-order valence-electron chi connectivity index (χ2n) is 8.07. The van der Waals surface area contributed by atoms with E-state index >= 15 is 0 Å². The molecule has 1 aliphatic heterocycles. The van der Waals surface area contributed by atoms with Gasteiger partial charge in [0.05, 0.1) is 17.2 Å². The minimum absolute atomic E-state index is 0.260. The molecule has 0 spiro atoms. The van der Waals surface area contributed by atoms with Crippen LogP contribution in [-0.2, 0) is 16.4 Å². The van der Waals surface area contributed by atoms with Crippen LogP contribution in [0.4, 0.5) is 5.95 Å². The number of fused-ring (bicyclic) bond motifs is 1. The Hall–Kier alpha value is -2.45. The van der Waals surface area contributed by atoms with Crippen molar-refractivity contribution in [1.82, 2.24) is 19.5 Å². The predicted molar refractivity (Wildman–Crippen MR) is 114 cm³/mol. The zero-order valence-electron chi connectivity index (χ0n) is 16.3. The fourth-order valence-electron chi connectivity index (χ4n) is 3.70. The molecule has 0 amide bonds. The van der Waals surface area contributed by atoms with Gasteiger partial charge in [0, 0.05) is 31.7 Å². The molecule has 152 valence electrons. The number of sulfone groups is 1. The first kappa shape index (κ1) is 18.6. The highest BCUT2D eigenvalue weighted by molar-refractivity contribution is 7.91. The molecule has 2 fully saturated rings. The predicted octanol–water partition coefficient (Wildman–Crippen LogP) is 2.45. The number of rotatable bonds is 6. The molecule has 1 saturated carbocycles. The minimum Gasteiger partial charge on any atom is -0.353 e. The van der Waals surface area contributed by atoms with Gasteiger partial charge in [-0.3, -0.25) is 4.90 Å². The van der Waals surface area contributed by atoms with E-state index in [-0.39, 0.29) is 11.5 Å². The average molecular weight is 412 g/mol. The fraction of sp³-hybridized carbons (Fsp3) is 0.429. The summed E-state index contributed by atoms with van der Waals surface area (Å²) in [5.41, 5.74) is 4.11. The zero-order valence-corrected chi connectivity index (χ0v) is 17.1. The minimum atomic E-state index is -2.84. The van der Waals surface area contributed by atoms with E-state index in [0.717, 1.165) is 35.9 Å². The van der Waals surface area contributed by atoms with Crippen LogP contribution in [0.1, 0.15) is 18.4 Å². The number of pyridine rings is 1. The van der Waals surface area contributed by atoms with Gasteiger partial charge in [-0.05, 0) is 36.5 Å². The lowest BCUT2D eigenvalue weighted by molar-refractivity contribution is 0.287. The van der Waals surface area contributed by atoms with Gasteiger partial charge < -0.3 is 5.32 Å². The summed E-state index contributed by atoms with van der Waals surface area (Å²) in [5.74, 6) is 1.97. The highest BCUT2D eigenvalue weighted by atomic mass is 32.2. The summed E-state index contributed by atoms with van der Waals surface area (Å²) in [5, 5.41) is 7.99. The Morgan fingerprint density at radius 2 is 1.79 bits per heavy atom. The smallest absolute Gasteiger partial charge is 0.243 e. The van der Waals surface area contributed by atoms with Crippen molar-refractivity contribution < 1.29 is 8.42 Å². The lowest BCUT2D eigenvalue weighted by Crippen LogP contribution is -2.39. The molecule has 0 bridgehead atoms. The van der Waals surface area contributed by atoms with Crippen molar-refractivity contribution >= 4 is 21.4 Å². The van der Waals surface area contributed by atoms with Crippen LogP contribution in [0.5, 0.6) is 0 Å². The van der Waals surface area contributed by atoms with Gasteiger partial charge in [0.2, 0.25) is 5.95 Å². The maximum Gasteiger partial charge on any atom is 0.243 e. The topological polar surface area (TPSA) is 79.6 Å². The van der Waals surface area contributed by atoms with E-state index in [2.05, 4.69) is 50.6 Å². The van der Waals surface area contributed by atoms with Crippen molar-refractivity contribution in [3.8, 4) is 11.3 Å². The van der Waals surface area contributed by atoms with Gasteiger partial charge in [-0.2, -0.15) is 4.98 Å². The Morgan fingerprint density at radius 3 is 2.52 bits per heavy atom. The SMILES string of the molecule is O=S1(=O)CCN(Cc2ccc(-c3cccc4nc(NCC5CC5)nn34)cc2)CC1. The van der Waals surface area contributed by atoms with Crippen LogP contribution < -0.4 is 5.32 Å². The van der Waals surface area contributed by atoms with Crippen LogP contribution in [0.25, 0.3) is 16.9 Å². The third kappa shape index (κ3) is 4.28. The van der Waals surface area contributed by atoms with E-state index < -0.39 is 9.84 Å². The Morgan fingerprint density at radius 1 is 1.03 bits per heavy atom. The monoisotopic (exact) mass is 411 g/mol. The molecule has 0 atom stereocenters. The van der Waals surface area contributed by atoms with Gasteiger partial charge in [0.15, 0.2) is 15.5 Å². The van der Waals surface area contributed by atoms with Crippen molar-refractivity contribution in [2.24, 2.45) is 5.92 Å². The Balaban J connectivity index is 1.32. The van der Waals surface area contributed by atoms with Crippen molar-refractivity contribution in [3.05, 3.63) is 48.0 Å². The van der Waals surface area contributed by atoms with Gasteiger partial charge in [-0.1, -0.05) is 30.3 Å². The molecule has 5 rings (SSSR count). The second-order valence-corrected chi connectivity index (χ2v) is 10.4. The summed E-state index contributed by atoms with van der Waals surface area (Å²) in [4.78, 5) is 6.79. The molecule has 29 heavy (non-hydrogen) atoms. The maximum atomic E-state index is 11.6. The number of aromatic nitrogens is 3. The zero-order chi connectivity index (χ0) is 19.8. The quantitative estimate of drug-likeness (QED) is 0.671. The van der Waals surface area contributed by atoms with Crippen LogP contribution in [0, 0.1) is 5.92 Å². The normalized spacial score (nSPS) is 19.4. The van der Waals surface area contributed by atoms with Crippen molar-refractivity contribution in [2.75, 3.05) is 36.5 Å². The number of nitrogens with zero attached hydrogens (tertiary/aromatic N) is 4. The highest BCUT2D eigenvalue weighted by Gasteiger charge is 2.22. The Labute approximate surface area is 170 Å². The number of hydrogen-bond acceptors (Lipinski definition) is 6. The molecule has 0 unspecified atom stereocenters. The number of hydrogen-bond donors (Lipinski definition) is 1. The molecule has 2 aromatic heterocycles. The van der Waals surface area contributed by atoms with Crippen LogP contribution in [-0.4, -0.2) is 59.1 Å². The summed E-state index contributed by atoms with van der Waals surface area (Å²) in [6.45, 7) is 2.94. The number of anilines is 1. The standard InChI is InChI=1S/C21H25N5O2S/c27-29(28)12-10-25(11-13-29)15-17-6-8-18(9-7-17)19-2-1-3-20-23-21(24-26(19)20)22-14-16-4-5-16/h1-3,6-9,16H,4-5,10-15H2,(H,22,24). The molecular formula is C21H25N5O2S. The largest absolute Gasteiger partial charge is 0.353 e. The molecule has 3 heterocycles. The van der Waals surface area contributed by atoms with Gasteiger partial charge in [-0.25, -0.2) is 12.9 Å². The van der Waals surface area contributed by atoms with Crippen LogP contribution in [0.15, 0.2) is 42.5 Å². The summed E-state index contributed by atoms with van der Waals surface area (Å²) in [7, 11) is -2.84. The molecule has 1 aromatic carbocycles. The Bertz CT molecular complexity index is 1110. The van der Waals surface area contributed by atoms with E-state index in [1.807, 2.05) is 16.6 Å². The van der Waals surface area contributed by atoms with Gasteiger partial charge in [0.1, 0.15) is 0 Å². The first-order valence-corrected chi connectivity index (χ1v) is 12.0. The first-order chi connectivity index (χ1) is 14.1. The number of nitrogens with one attached hydrogen (secondary N) is 1. The molecule has 8 heteroatoms. The third-order valence-electron chi connectivity index (χ3n) is 5.70. The summed E-state index contributed by atoms with van der Waals surface area (Å²) < 4.78 is 25.1. The molecule has 2 aliphatic rings. The van der Waals surface area contributed by atoms with Crippen LogP contribution >= 0.6 is 0 Å². The maximum absolute atomic E-state index is 11.6. The molecule has 3 aromatic rings. The first-order valence-electron chi connectivity index (χ1n) is 10.2. The molecule has 7 nitrogen and oxygen atoms in total. The molecule has 1 N–H and O–H groups in total. The fourth-order valence-corrected chi connectivity index (χ4v) is 4.98. The Kier molecular flexibility index (Phi) is 4.75. The highest BCUT2D eigenvalue weighted by Crippen LogP contribution is 2.29. The van der Waals surface area contributed by atoms with E-state index in [1.165, 1.54) is 18.4 Å². The van der Waals surface area contributed by atoms with Crippen molar-refractivity contribution in [2.45, 2.75) is 19.4 Å². The van der Waals surface area contributed by atoms with E-state index in [4.69, 9.17) is 0 Å². The van der Waals surface area contributed by atoms with Gasteiger partial charge >= 0.3 is 0 Å². The average Bonchev–Trinajstić information content (AvgIpc) is 3.45. The molecular weight excluding hydrogens is 386 g/mol. The van der Waals surface area contributed by atoms with Crippen LogP contribution in [0.2, 0.25) is 0 Å². The van der Waals surface area contributed by atoms with Gasteiger partial charge in [-0.15, -0.1) is 5.10 Å². The van der Waals surface area contributed by atoms with Gasteiger partial charge in [0.25, 0.3) is 0 Å². The molecule has 1 aliphatic carbocycles. The van der Waals surface area contributed by atoms with Crippen LogP contribution in [0.3, 0.4) is 0 Å².